The van der Waals surface area contributed by atoms with E-state index in [0.717, 1.165) is 6.07 Å². The quantitative estimate of drug-likeness (QED) is 0.754. The Labute approximate surface area is 178 Å². The predicted octanol–water partition coefficient (Wildman–Crippen LogP) is 3.17. The van der Waals surface area contributed by atoms with E-state index in [-0.39, 0.29) is 34.9 Å². The first kappa shape index (κ1) is 22.0. The number of piperazine rings is 1. The number of anilines is 1. The first-order valence-corrected chi connectivity index (χ1v) is 9.87. The molecular formula is C21H22ClF2N3O3. The number of carbonyl (C=O) groups is 2. The summed E-state index contributed by atoms with van der Waals surface area (Å²) in [6.07, 6.45) is 0. The van der Waals surface area contributed by atoms with E-state index in [1.807, 2.05) is 4.90 Å². The van der Waals surface area contributed by atoms with E-state index in [9.17, 15) is 18.4 Å². The van der Waals surface area contributed by atoms with Crippen LogP contribution in [0.1, 0.15) is 6.92 Å². The van der Waals surface area contributed by atoms with Crippen molar-refractivity contribution in [1.29, 1.82) is 0 Å². The number of carbonyl (C=O) groups excluding carboxylic acids is 2. The smallest absolute Gasteiger partial charge is 0.260 e. The average molecular weight is 438 g/mol. The van der Waals surface area contributed by atoms with Gasteiger partial charge in [-0.2, -0.15) is 0 Å². The summed E-state index contributed by atoms with van der Waals surface area (Å²) >= 11 is 5.72. The number of hydrogen-bond donors (Lipinski definition) is 1. The molecule has 0 saturated carbocycles. The van der Waals surface area contributed by atoms with Crippen LogP contribution in [0.4, 0.5) is 14.5 Å². The third-order valence-corrected chi connectivity index (χ3v) is 5.19. The first-order chi connectivity index (χ1) is 14.3. The Balaban J connectivity index is 1.46. The molecule has 2 aromatic carbocycles. The van der Waals surface area contributed by atoms with Crippen LogP contribution in [0.5, 0.6) is 5.75 Å². The molecule has 1 heterocycles. The van der Waals surface area contributed by atoms with Crippen molar-refractivity contribution in [2.75, 3.05) is 38.1 Å². The molecule has 0 radical (unpaired) electrons. The lowest BCUT2D eigenvalue weighted by Gasteiger charge is -2.37. The molecule has 1 atom stereocenters. The van der Waals surface area contributed by atoms with E-state index in [4.69, 9.17) is 16.3 Å². The highest BCUT2D eigenvalue weighted by molar-refractivity contribution is 6.30. The van der Waals surface area contributed by atoms with E-state index in [0.29, 0.717) is 31.9 Å². The van der Waals surface area contributed by atoms with Gasteiger partial charge in [-0.15, -0.1) is 0 Å². The van der Waals surface area contributed by atoms with Crippen LogP contribution in [0.3, 0.4) is 0 Å². The van der Waals surface area contributed by atoms with Gasteiger partial charge in [0.15, 0.2) is 6.61 Å². The van der Waals surface area contributed by atoms with Crippen LogP contribution in [0.2, 0.25) is 5.02 Å². The number of hydrogen-bond acceptors (Lipinski definition) is 4. The lowest BCUT2D eigenvalue weighted by Crippen LogP contribution is -2.54. The van der Waals surface area contributed by atoms with Crippen LogP contribution in [0.15, 0.2) is 42.5 Å². The zero-order valence-electron chi connectivity index (χ0n) is 16.4. The summed E-state index contributed by atoms with van der Waals surface area (Å²) in [5.41, 5.74) is 0.0722. The van der Waals surface area contributed by atoms with Gasteiger partial charge in [-0.05, 0) is 49.4 Å². The van der Waals surface area contributed by atoms with E-state index in [2.05, 4.69) is 5.32 Å². The highest BCUT2D eigenvalue weighted by Gasteiger charge is 2.28. The van der Waals surface area contributed by atoms with Crippen molar-refractivity contribution >= 4 is 29.1 Å². The molecule has 1 fully saturated rings. The maximum absolute atomic E-state index is 13.9. The van der Waals surface area contributed by atoms with Crippen molar-refractivity contribution < 1.29 is 23.1 Å². The van der Waals surface area contributed by atoms with Crippen molar-refractivity contribution in [2.24, 2.45) is 0 Å². The van der Waals surface area contributed by atoms with Gasteiger partial charge in [-0.25, -0.2) is 8.78 Å². The summed E-state index contributed by atoms with van der Waals surface area (Å²) in [6.45, 7) is 3.48. The zero-order chi connectivity index (χ0) is 21.7. The topological polar surface area (TPSA) is 61.9 Å². The number of rotatable bonds is 6. The van der Waals surface area contributed by atoms with Gasteiger partial charge >= 0.3 is 0 Å². The maximum Gasteiger partial charge on any atom is 0.260 e. The fraction of sp³-hybridized carbons (Fsp3) is 0.333. The van der Waals surface area contributed by atoms with E-state index >= 15 is 0 Å². The minimum atomic E-state index is -0.598. The van der Waals surface area contributed by atoms with Gasteiger partial charge in [-0.3, -0.25) is 14.5 Å². The number of nitrogens with one attached hydrogen (secondary N) is 1. The minimum absolute atomic E-state index is 0.0722. The van der Waals surface area contributed by atoms with E-state index < -0.39 is 11.9 Å². The number of benzene rings is 2. The molecule has 30 heavy (non-hydrogen) atoms. The summed E-state index contributed by atoms with van der Waals surface area (Å²) in [5, 5.41) is 2.82. The molecule has 2 amide bonds. The van der Waals surface area contributed by atoms with Gasteiger partial charge in [0.05, 0.1) is 11.7 Å². The molecule has 3 rings (SSSR count). The summed E-state index contributed by atoms with van der Waals surface area (Å²) in [7, 11) is 0. The van der Waals surface area contributed by atoms with Crippen molar-refractivity contribution in [3.8, 4) is 5.75 Å². The van der Waals surface area contributed by atoms with Gasteiger partial charge in [-0.1, -0.05) is 11.6 Å². The summed E-state index contributed by atoms with van der Waals surface area (Å²) in [4.78, 5) is 28.4. The SMILES string of the molecule is CC(C(=O)Nc1ccc(Cl)cc1F)N1CCN(C(=O)COc2ccc(F)cc2)CC1. The predicted molar refractivity (Wildman–Crippen MR) is 110 cm³/mol. The fourth-order valence-corrected chi connectivity index (χ4v) is 3.28. The molecule has 2 aromatic rings. The highest BCUT2D eigenvalue weighted by atomic mass is 35.5. The van der Waals surface area contributed by atoms with Gasteiger partial charge in [0.25, 0.3) is 5.91 Å². The second kappa shape index (κ2) is 9.86. The van der Waals surface area contributed by atoms with E-state index in [1.165, 1.54) is 36.4 Å². The fourth-order valence-electron chi connectivity index (χ4n) is 3.12. The summed E-state index contributed by atoms with van der Waals surface area (Å²) < 4.78 is 32.2. The molecule has 1 N–H and O–H groups in total. The average Bonchev–Trinajstić information content (AvgIpc) is 2.74. The van der Waals surface area contributed by atoms with Gasteiger partial charge in [0, 0.05) is 31.2 Å². The third-order valence-electron chi connectivity index (χ3n) is 4.96. The van der Waals surface area contributed by atoms with Crippen molar-refractivity contribution in [2.45, 2.75) is 13.0 Å². The Morgan fingerprint density at radius 3 is 2.40 bits per heavy atom. The van der Waals surface area contributed by atoms with Crippen LogP contribution in [0.25, 0.3) is 0 Å². The Kier molecular flexibility index (Phi) is 7.23. The molecule has 1 aliphatic rings. The third kappa shape index (κ3) is 5.67. The van der Waals surface area contributed by atoms with Crippen LogP contribution in [0, 0.1) is 11.6 Å². The van der Waals surface area contributed by atoms with Gasteiger partial charge < -0.3 is 15.0 Å². The molecule has 0 aliphatic carbocycles. The molecule has 0 bridgehead atoms. The van der Waals surface area contributed by atoms with Crippen LogP contribution < -0.4 is 10.1 Å². The summed E-state index contributed by atoms with van der Waals surface area (Å²) in [6, 6.07) is 9.02. The monoisotopic (exact) mass is 437 g/mol. The number of nitrogens with zero attached hydrogens (tertiary/aromatic N) is 2. The molecule has 1 aliphatic heterocycles. The summed E-state index contributed by atoms with van der Waals surface area (Å²) in [5.74, 6) is -1.07. The van der Waals surface area contributed by atoms with Gasteiger partial charge in [0.1, 0.15) is 17.4 Å². The normalized spacial score (nSPS) is 15.5. The molecule has 0 spiro atoms. The molecule has 1 saturated heterocycles. The largest absolute Gasteiger partial charge is 0.484 e. The van der Waals surface area contributed by atoms with Crippen LogP contribution in [-0.2, 0) is 9.59 Å². The number of ether oxygens (including phenoxy) is 1. The first-order valence-electron chi connectivity index (χ1n) is 9.49. The lowest BCUT2D eigenvalue weighted by atomic mass is 10.2. The molecule has 160 valence electrons. The Morgan fingerprint density at radius 2 is 1.77 bits per heavy atom. The van der Waals surface area contributed by atoms with Crippen LogP contribution in [-0.4, -0.2) is 60.4 Å². The Bertz CT molecular complexity index is 903. The molecule has 6 nitrogen and oxygen atoms in total. The lowest BCUT2D eigenvalue weighted by molar-refractivity contribution is -0.135. The highest BCUT2D eigenvalue weighted by Crippen LogP contribution is 2.20. The molecule has 0 aromatic heterocycles. The second-order valence-corrected chi connectivity index (χ2v) is 7.39. The molecular weight excluding hydrogens is 416 g/mol. The zero-order valence-corrected chi connectivity index (χ0v) is 17.2. The Hall–Kier alpha value is -2.71. The van der Waals surface area contributed by atoms with Crippen LogP contribution >= 0.6 is 11.6 Å². The second-order valence-electron chi connectivity index (χ2n) is 6.95. The van der Waals surface area contributed by atoms with Crippen molar-refractivity contribution in [3.05, 3.63) is 59.1 Å². The van der Waals surface area contributed by atoms with E-state index in [1.54, 1.807) is 11.8 Å². The maximum atomic E-state index is 13.9. The minimum Gasteiger partial charge on any atom is -0.484 e. The number of halogens is 3. The Morgan fingerprint density at radius 1 is 1.10 bits per heavy atom. The molecule has 1 unspecified atom stereocenters. The standard InChI is InChI=1S/C21H22ClF2N3O3/c1-14(21(29)25-19-7-2-15(22)12-18(19)24)26-8-10-27(11-9-26)20(28)13-30-17-5-3-16(23)4-6-17/h2-7,12,14H,8-11,13H2,1H3,(H,25,29). The van der Waals surface area contributed by atoms with Crippen molar-refractivity contribution in [3.63, 3.8) is 0 Å². The number of amides is 2. The van der Waals surface area contributed by atoms with Crippen molar-refractivity contribution in [1.82, 2.24) is 9.80 Å². The van der Waals surface area contributed by atoms with Gasteiger partial charge in [0.2, 0.25) is 5.91 Å². The molecule has 9 heteroatoms.